The van der Waals surface area contributed by atoms with Crippen molar-refractivity contribution in [2.24, 2.45) is 0 Å². The van der Waals surface area contributed by atoms with Gasteiger partial charge in [-0.1, -0.05) is 6.92 Å². The first-order chi connectivity index (χ1) is 7.97. The predicted molar refractivity (Wildman–Crippen MR) is 73.7 cm³/mol. The molecule has 0 unspecified atom stereocenters. The topological polar surface area (TPSA) is 45.8 Å². The molecule has 0 amide bonds. The summed E-state index contributed by atoms with van der Waals surface area (Å²) in [7, 11) is 0. The lowest BCUT2D eigenvalue weighted by Crippen LogP contribution is -2.15. The molecule has 0 bridgehead atoms. The van der Waals surface area contributed by atoms with Gasteiger partial charge in [-0.2, -0.15) is 0 Å². The summed E-state index contributed by atoms with van der Waals surface area (Å²) in [5.41, 5.74) is 4.40. The van der Waals surface area contributed by atoms with E-state index >= 15 is 0 Å². The molecule has 2 rings (SSSR count). The Kier molecular flexibility index (Phi) is 3.08. The van der Waals surface area contributed by atoms with E-state index in [2.05, 4.69) is 25.9 Å². The van der Waals surface area contributed by atoms with E-state index in [9.17, 15) is 4.79 Å². The van der Waals surface area contributed by atoms with E-state index in [-0.39, 0.29) is 5.43 Å². The van der Waals surface area contributed by atoms with Gasteiger partial charge in [0.1, 0.15) is 5.65 Å². The van der Waals surface area contributed by atoms with Crippen LogP contribution in [0.2, 0.25) is 0 Å². The molecule has 4 heteroatoms. The smallest absolute Gasteiger partial charge is 0.194 e. The van der Waals surface area contributed by atoms with Crippen LogP contribution in [-0.2, 0) is 6.42 Å². The number of nitrogens with one attached hydrogen (secondary N) is 1. The number of pyridine rings is 2. The molecule has 17 heavy (non-hydrogen) atoms. The maximum atomic E-state index is 12.4. The summed E-state index contributed by atoms with van der Waals surface area (Å²) >= 11 is 3.48. The molecule has 0 aromatic carbocycles. The number of hydrogen-bond donors (Lipinski definition) is 1. The minimum atomic E-state index is 0.101. The van der Waals surface area contributed by atoms with E-state index in [1.54, 1.807) is 0 Å². The van der Waals surface area contributed by atoms with E-state index < -0.39 is 0 Å². The van der Waals surface area contributed by atoms with Crippen molar-refractivity contribution in [1.82, 2.24) is 9.97 Å². The zero-order valence-electron chi connectivity index (χ0n) is 10.4. The minimum absolute atomic E-state index is 0.101. The Morgan fingerprint density at radius 1 is 1.29 bits per heavy atom. The number of H-pyrrole nitrogens is 1. The number of nitrogens with zero attached hydrogens (tertiary/aromatic N) is 1. The maximum Gasteiger partial charge on any atom is 0.194 e. The van der Waals surface area contributed by atoms with Crippen LogP contribution in [0.25, 0.3) is 11.0 Å². The number of halogens is 1. The Balaban J connectivity index is 3.04. The highest BCUT2D eigenvalue weighted by Crippen LogP contribution is 2.24. The summed E-state index contributed by atoms with van der Waals surface area (Å²) in [5, 5.41) is 0.699. The van der Waals surface area contributed by atoms with E-state index in [4.69, 9.17) is 0 Å². The molecular formula is C13H15BrN2O. The maximum absolute atomic E-state index is 12.4. The van der Waals surface area contributed by atoms with Gasteiger partial charge in [0.25, 0.3) is 0 Å². The van der Waals surface area contributed by atoms with Gasteiger partial charge in [-0.3, -0.25) is 4.79 Å². The Morgan fingerprint density at radius 3 is 2.53 bits per heavy atom. The van der Waals surface area contributed by atoms with Gasteiger partial charge < -0.3 is 4.98 Å². The summed E-state index contributed by atoms with van der Waals surface area (Å²) in [6.07, 6.45) is 0.738. The third-order valence-electron chi connectivity index (χ3n) is 3.15. The van der Waals surface area contributed by atoms with E-state index in [1.165, 1.54) is 0 Å². The number of aromatic amines is 1. The fourth-order valence-corrected chi connectivity index (χ4v) is 2.49. The summed E-state index contributed by atoms with van der Waals surface area (Å²) in [6, 6.07) is 0. The van der Waals surface area contributed by atoms with E-state index in [1.807, 2.05) is 27.7 Å². The third kappa shape index (κ3) is 1.80. The van der Waals surface area contributed by atoms with Crippen LogP contribution in [-0.4, -0.2) is 9.97 Å². The molecule has 0 atom stereocenters. The van der Waals surface area contributed by atoms with Gasteiger partial charge in [0.15, 0.2) is 5.43 Å². The molecular weight excluding hydrogens is 280 g/mol. The zero-order chi connectivity index (χ0) is 12.7. The van der Waals surface area contributed by atoms with Crippen LogP contribution in [0, 0.1) is 20.8 Å². The Labute approximate surface area is 108 Å². The zero-order valence-corrected chi connectivity index (χ0v) is 12.0. The highest BCUT2D eigenvalue weighted by atomic mass is 79.9. The molecule has 0 aliphatic rings. The Bertz CT molecular complexity index is 659. The first-order valence-corrected chi connectivity index (χ1v) is 6.44. The second kappa shape index (κ2) is 4.26. The minimum Gasteiger partial charge on any atom is -0.343 e. The van der Waals surface area contributed by atoms with Crippen molar-refractivity contribution in [3.05, 3.63) is 37.2 Å². The van der Waals surface area contributed by atoms with Crippen molar-refractivity contribution in [3.8, 4) is 0 Å². The number of aromatic nitrogens is 2. The van der Waals surface area contributed by atoms with Gasteiger partial charge >= 0.3 is 0 Å². The van der Waals surface area contributed by atoms with Crippen molar-refractivity contribution in [2.75, 3.05) is 0 Å². The molecule has 0 spiro atoms. The number of hydrogen-bond acceptors (Lipinski definition) is 2. The van der Waals surface area contributed by atoms with Crippen LogP contribution in [0.15, 0.2) is 9.27 Å². The van der Waals surface area contributed by atoms with Crippen molar-refractivity contribution in [3.63, 3.8) is 0 Å². The molecule has 0 fully saturated rings. The van der Waals surface area contributed by atoms with Gasteiger partial charge in [-0.15, -0.1) is 0 Å². The second-order valence-electron chi connectivity index (χ2n) is 4.27. The second-order valence-corrected chi connectivity index (χ2v) is 5.06. The molecule has 0 aliphatic carbocycles. The monoisotopic (exact) mass is 294 g/mol. The van der Waals surface area contributed by atoms with Crippen LogP contribution >= 0.6 is 15.9 Å². The van der Waals surface area contributed by atoms with Gasteiger partial charge in [-0.25, -0.2) is 4.98 Å². The van der Waals surface area contributed by atoms with Gasteiger partial charge in [0.05, 0.1) is 11.1 Å². The summed E-state index contributed by atoms with van der Waals surface area (Å²) in [5.74, 6) is 0. The lowest BCUT2D eigenvalue weighted by molar-refractivity contribution is 1.03. The molecule has 0 saturated carbocycles. The standard InChI is InChI=1S/C13H15BrN2O/c1-5-9-7(3)15-13-10(12(9)17)6(2)11(14)8(4)16-13/h5H2,1-4H3,(H,15,16,17). The first-order valence-electron chi connectivity index (χ1n) is 5.65. The number of fused-ring (bicyclic) bond motifs is 1. The summed E-state index contributed by atoms with van der Waals surface area (Å²) < 4.78 is 0.918. The normalized spacial score (nSPS) is 11.1. The highest BCUT2D eigenvalue weighted by molar-refractivity contribution is 9.10. The average molecular weight is 295 g/mol. The van der Waals surface area contributed by atoms with Crippen molar-refractivity contribution in [1.29, 1.82) is 0 Å². The summed E-state index contributed by atoms with van der Waals surface area (Å²) in [4.78, 5) is 20.0. The van der Waals surface area contributed by atoms with Gasteiger partial charge in [-0.05, 0) is 48.7 Å². The first kappa shape index (κ1) is 12.3. The third-order valence-corrected chi connectivity index (χ3v) is 4.32. The van der Waals surface area contributed by atoms with Gasteiger partial charge in [0.2, 0.25) is 0 Å². The molecule has 0 saturated heterocycles. The SMILES string of the molecule is CCc1c(C)[nH]c2nc(C)c(Br)c(C)c2c1=O. The fourth-order valence-electron chi connectivity index (χ4n) is 2.20. The van der Waals surface area contributed by atoms with Gasteiger partial charge in [0, 0.05) is 15.7 Å². The van der Waals surface area contributed by atoms with Crippen molar-refractivity contribution >= 4 is 27.0 Å². The van der Waals surface area contributed by atoms with Crippen LogP contribution < -0.4 is 5.43 Å². The van der Waals surface area contributed by atoms with Crippen molar-refractivity contribution in [2.45, 2.75) is 34.1 Å². The molecule has 2 aromatic heterocycles. The molecule has 0 radical (unpaired) electrons. The lowest BCUT2D eigenvalue weighted by atomic mass is 10.1. The molecule has 1 N–H and O–H groups in total. The molecule has 2 aromatic rings. The predicted octanol–water partition coefficient (Wildman–Crippen LogP) is 3.17. The molecule has 0 aliphatic heterocycles. The highest BCUT2D eigenvalue weighted by Gasteiger charge is 2.14. The van der Waals surface area contributed by atoms with E-state index in [0.29, 0.717) is 11.0 Å². The van der Waals surface area contributed by atoms with Crippen LogP contribution in [0.1, 0.15) is 29.4 Å². The quantitative estimate of drug-likeness (QED) is 0.878. The molecule has 2 heterocycles. The van der Waals surface area contributed by atoms with Crippen LogP contribution in [0.3, 0.4) is 0 Å². The average Bonchev–Trinajstić information content (AvgIpc) is 2.26. The lowest BCUT2D eigenvalue weighted by Gasteiger charge is -2.10. The fraction of sp³-hybridized carbons (Fsp3) is 0.385. The number of aryl methyl sites for hydroxylation is 3. The van der Waals surface area contributed by atoms with E-state index in [0.717, 1.165) is 33.4 Å². The molecule has 90 valence electrons. The molecule has 3 nitrogen and oxygen atoms in total. The van der Waals surface area contributed by atoms with Crippen molar-refractivity contribution < 1.29 is 0 Å². The number of rotatable bonds is 1. The Morgan fingerprint density at radius 2 is 1.94 bits per heavy atom. The van der Waals surface area contributed by atoms with Crippen LogP contribution in [0.5, 0.6) is 0 Å². The Hall–Kier alpha value is -1.16. The largest absolute Gasteiger partial charge is 0.343 e. The summed E-state index contributed by atoms with van der Waals surface area (Å²) in [6.45, 7) is 7.80. The van der Waals surface area contributed by atoms with Crippen LogP contribution in [0.4, 0.5) is 0 Å².